The normalized spacial score (nSPS) is 23.1. The van der Waals surface area contributed by atoms with E-state index in [1.54, 1.807) is 18.2 Å². The van der Waals surface area contributed by atoms with Crippen molar-refractivity contribution in [2.45, 2.75) is 4.87 Å². The van der Waals surface area contributed by atoms with Crippen LogP contribution in [0.1, 0.15) is 5.56 Å². The van der Waals surface area contributed by atoms with E-state index in [1.165, 1.54) is 30.3 Å². The molecule has 2 aromatic carbocycles. The Bertz CT molecular complexity index is 1150. The number of amidine groups is 1. The van der Waals surface area contributed by atoms with E-state index in [0.29, 0.717) is 11.8 Å². The van der Waals surface area contributed by atoms with E-state index in [1.807, 2.05) is 0 Å². The van der Waals surface area contributed by atoms with E-state index < -0.39 is 39.6 Å². The van der Waals surface area contributed by atoms with Gasteiger partial charge in [0, 0.05) is 10.6 Å². The maximum absolute atomic E-state index is 12.9. The number of carbonyl (C=O) groups excluding carboxylic acids is 3. The Morgan fingerprint density at radius 1 is 1.14 bits per heavy atom. The molecule has 0 aromatic heterocycles. The van der Waals surface area contributed by atoms with Crippen LogP contribution in [0.4, 0.5) is 5.69 Å². The molecular weight excluding hydrogens is 418 g/mol. The van der Waals surface area contributed by atoms with Crippen LogP contribution >= 0.6 is 23.4 Å². The van der Waals surface area contributed by atoms with Crippen molar-refractivity contribution in [1.29, 1.82) is 0 Å². The lowest BCUT2D eigenvalue weighted by Crippen LogP contribution is -2.48. The SMILES string of the molecule is NC1=NC(=O)C2(S1)/C(=C(\O)c1ccccc1)C(=O)C(=O)N2c1cc(Cl)ccc1O. The third-order valence-electron chi connectivity index (χ3n) is 4.49. The molecule has 1 unspecified atom stereocenters. The van der Waals surface area contributed by atoms with Gasteiger partial charge in [-0.3, -0.25) is 19.3 Å². The molecule has 1 atom stereocenters. The number of Topliss-reactive ketones (excluding diaryl/α,β-unsaturated/α-hetero) is 1. The highest BCUT2D eigenvalue weighted by Gasteiger charge is 2.65. The first-order valence-electron chi connectivity index (χ1n) is 8.21. The number of aliphatic hydroxyl groups excluding tert-OH is 1. The number of amides is 2. The number of ketones is 1. The molecule has 2 amide bonds. The molecule has 10 heteroatoms. The third-order valence-corrected chi connectivity index (χ3v) is 5.89. The number of aromatic hydroxyl groups is 1. The average molecular weight is 430 g/mol. The van der Waals surface area contributed by atoms with Crippen molar-refractivity contribution in [3.05, 3.63) is 64.7 Å². The summed E-state index contributed by atoms with van der Waals surface area (Å²) in [6.07, 6.45) is 0. The van der Waals surface area contributed by atoms with Crippen LogP contribution < -0.4 is 10.6 Å². The molecule has 0 bridgehead atoms. The topological polar surface area (TPSA) is 133 Å². The van der Waals surface area contributed by atoms with E-state index in [9.17, 15) is 24.6 Å². The Kier molecular flexibility index (Phi) is 4.36. The molecular formula is C19H12ClN3O5S. The van der Waals surface area contributed by atoms with Gasteiger partial charge in [0.1, 0.15) is 11.5 Å². The average Bonchev–Trinajstić information content (AvgIpc) is 3.10. The van der Waals surface area contributed by atoms with Gasteiger partial charge in [0.05, 0.1) is 11.3 Å². The number of nitrogens with two attached hydrogens (primary N) is 1. The number of aliphatic imine (C=N–C) groups is 1. The molecule has 0 aliphatic carbocycles. The number of hydrogen-bond donors (Lipinski definition) is 3. The zero-order chi connectivity index (χ0) is 20.9. The van der Waals surface area contributed by atoms with Crippen molar-refractivity contribution in [2.75, 3.05) is 4.90 Å². The maximum atomic E-state index is 12.9. The van der Waals surface area contributed by atoms with Gasteiger partial charge in [-0.05, 0) is 30.0 Å². The quantitative estimate of drug-likeness (QED) is 0.378. The molecule has 1 spiro atoms. The van der Waals surface area contributed by atoms with Gasteiger partial charge in [0.2, 0.25) is 4.87 Å². The lowest BCUT2D eigenvalue weighted by atomic mass is 9.99. The molecule has 4 rings (SSSR count). The van der Waals surface area contributed by atoms with Gasteiger partial charge < -0.3 is 15.9 Å². The van der Waals surface area contributed by atoms with Crippen LogP contribution in [0.15, 0.2) is 59.1 Å². The Morgan fingerprint density at radius 3 is 2.45 bits per heavy atom. The standard InChI is InChI=1S/C19H12ClN3O5S/c20-10-6-7-12(24)11(8-10)23-16(27)15(26)13(14(25)9-4-2-1-3-5-9)19(23)17(28)22-18(21)29-19/h1-8,24-25H,(H2,21,22,28)/b14-13-. The van der Waals surface area contributed by atoms with Crippen LogP contribution in [0.3, 0.4) is 0 Å². The Balaban J connectivity index is 2.04. The fraction of sp³-hybridized carbons (Fsp3) is 0.0526. The largest absolute Gasteiger partial charge is 0.507 e. The second-order valence-electron chi connectivity index (χ2n) is 6.19. The van der Waals surface area contributed by atoms with Crippen molar-refractivity contribution >= 4 is 57.6 Å². The summed E-state index contributed by atoms with van der Waals surface area (Å²) < 4.78 is 0. The highest BCUT2D eigenvalue weighted by atomic mass is 35.5. The first-order chi connectivity index (χ1) is 13.8. The van der Waals surface area contributed by atoms with Gasteiger partial charge in [-0.2, -0.15) is 4.99 Å². The monoisotopic (exact) mass is 429 g/mol. The molecule has 2 aromatic rings. The minimum absolute atomic E-state index is 0.155. The Morgan fingerprint density at radius 2 is 1.83 bits per heavy atom. The van der Waals surface area contributed by atoms with Crippen molar-refractivity contribution < 1.29 is 24.6 Å². The molecule has 2 aliphatic rings. The number of benzene rings is 2. The van der Waals surface area contributed by atoms with Gasteiger partial charge in [-0.25, -0.2) is 0 Å². The third kappa shape index (κ3) is 2.70. The smallest absolute Gasteiger partial charge is 0.301 e. The number of phenols is 1. The number of phenolic OH excluding ortho intramolecular Hbond substituents is 1. The van der Waals surface area contributed by atoms with Crippen molar-refractivity contribution in [3.63, 3.8) is 0 Å². The molecule has 1 saturated heterocycles. The van der Waals surface area contributed by atoms with Gasteiger partial charge in [-0.1, -0.05) is 41.9 Å². The van der Waals surface area contributed by atoms with Gasteiger partial charge in [0.15, 0.2) is 5.17 Å². The van der Waals surface area contributed by atoms with E-state index in [0.717, 1.165) is 4.90 Å². The summed E-state index contributed by atoms with van der Waals surface area (Å²) in [7, 11) is 0. The number of nitrogens with zero attached hydrogens (tertiary/aromatic N) is 2. The van der Waals surface area contributed by atoms with Gasteiger partial charge >= 0.3 is 5.91 Å². The number of anilines is 1. The molecule has 29 heavy (non-hydrogen) atoms. The summed E-state index contributed by atoms with van der Waals surface area (Å²) in [5, 5.41) is 21.1. The van der Waals surface area contributed by atoms with E-state index in [4.69, 9.17) is 17.3 Å². The van der Waals surface area contributed by atoms with Crippen LogP contribution in [0.2, 0.25) is 5.02 Å². The molecule has 146 valence electrons. The predicted molar refractivity (Wildman–Crippen MR) is 109 cm³/mol. The number of aliphatic hydroxyl groups is 1. The summed E-state index contributed by atoms with van der Waals surface area (Å²) in [5.74, 6) is -4.13. The van der Waals surface area contributed by atoms with Crippen LogP contribution in [0.5, 0.6) is 5.75 Å². The molecule has 8 nitrogen and oxygen atoms in total. The van der Waals surface area contributed by atoms with Gasteiger partial charge in [0.25, 0.3) is 11.7 Å². The van der Waals surface area contributed by atoms with Crippen molar-refractivity contribution in [1.82, 2.24) is 0 Å². The second-order valence-corrected chi connectivity index (χ2v) is 7.84. The summed E-state index contributed by atoms with van der Waals surface area (Å²) >= 11 is 6.62. The van der Waals surface area contributed by atoms with Gasteiger partial charge in [-0.15, -0.1) is 0 Å². The summed E-state index contributed by atoms with van der Waals surface area (Å²) in [5.41, 5.74) is 5.29. The second kappa shape index (κ2) is 6.64. The summed E-state index contributed by atoms with van der Waals surface area (Å²) in [6, 6.07) is 11.8. The zero-order valence-corrected chi connectivity index (χ0v) is 16.1. The van der Waals surface area contributed by atoms with E-state index in [2.05, 4.69) is 4.99 Å². The summed E-state index contributed by atoms with van der Waals surface area (Å²) in [4.78, 5) is 41.2. The molecule has 2 aliphatic heterocycles. The molecule has 1 fully saturated rings. The zero-order valence-electron chi connectivity index (χ0n) is 14.5. The highest BCUT2D eigenvalue weighted by molar-refractivity contribution is 8.16. The number of hydrogen-bond acceptors (Lipinski definition) is 7. The number of thioether (sulfide) groups is 1. The maximum Gasteiger partial charge on any atom is 0.301 e. The molecule has 4 N–H and O–H groups in total. The van der Waals surface area contributed by atoms with Crippen LogP contribution in [0.25, 0.3) is 5.76 Å². The number of halogens is 1. The Labute approximate surface area is 173 Å². The number of rotatable bonds is 2. The predicted octanol–water partition coefficient (Wildman–Crippen LogP) is 2.22. The Hall–Kier alpha value is -3.30. The van der Waals surface area contributed by atoms with Crippen molar-refractivity contribution in [3.8, 4) is 5.75 Å². The molecule has 0 radical (unpaired) electrons. The van der Waals surface area contributed by atoms with Crippen LogP contribution in [-0.4, -0.2) is 37.8 Å². The first-order valence-corrected chi connectivity index (χ1v) is 9.41. The fourth-order valence-corrected chi connectivity index (χ4v) is 4.57. The van der Waals surface area contributed by atoms with Crippen LogP contribution in [-0.2, 0) is 14.4 Å². The molecule has 2 heterocycles. The first kappa shape index (κ1) is 19.0. The minimum atomic E-state index is -2.10. The summed E-state index contributed by atoms with van der Waals surface area (Å²) in [6.45, 7) is 0. The highest BCUT2D eigenvalue weighted by Crippen LogP contribution is 2.52. The number of carbonyl (C=O) groups is 3. The van der Waals surface area contributed by atoms with E-state index >= 15 is 0 Å². The van der Waals surface area contributed by atoms with Crippen molar-refractivity contribution in [2.24, 2.45) is 10.7 Å². The van der Waals surface area contributed by atoms with Crippen LogP contribution in [0, 0.1) is 0 Å². The lowest BCUT2D eigenvalue weighted by molar-refractivity contribution is -0.132. The fourth-order valence-electron chi connectivity index (χ4n) is 3.27. The minimum Gasteiger partial charge on any atom is -0.507 e. The lowest BCUT2D eigenvalue weighted by Gasteiger charge is -2.31. The molecule has 0 saturated carbocycles. The van der Waals surface area contributed by atoms with E-state index in [-0.39, 0.29) is 21.4 Å².